The Labute approximate surface area is 236 Å². The zero-order valence-electron chi connectivity index (χ0n) is 24.2. The second kappa shape index (κ2) is 11.1. The Bertz CT molecular complexity index is 1320. The Morgan fingerprint density at radius 2 is 1.77 bits per heavy atom. The Hall–Kier alpha value is -3.02. The fourth-order valence-electron chi connectivity index (χ4n) is 5.06. The van der Waals surface area contributed by atoms with E-state index in [2.05, 4.69) is 0 Å². The van der Waals surface area contributed by atoms with Crippen molar-refractivity contribution in [3.63, 3.8) is 0 Å². The number of phenolic OH excluding ortho intramolecular Hbond substituents is 1. The molecular weight excluding hydrogens is 536 g/mol. The Morgan fingerprint density at radius 3 is 2.40 bits per heavy atom. The Kier molecular flexibility index (Phi) is 8.31. The molecule has 4 rings (SSSR count). The SMILES string of the molecule is CC(C)CN(C[C@H]1OC(C)(C)N(C(=O)OC(C)(C)C)[C@H]1Cc1ccc(O)cc1)S(=O)(=O)c1ccc2c(c1)OCO2. The lowest BCUT2D eigenvalue weighted by molar-refractivity contribution is -0.0806. The third-order valence-electron chi connectivity index (χ3n) is 6.69. The minimum Gasteiger partial charge on any atom is -0.508 e. The van der Waals surface area contributed by atoms with Crippen LogP contribution in [0.15, 0.2) is 47.4 Å². The standard InChI is InChI=1S/C29H40N2O8S/c1-19(2)16-30(40(34,35)22-12-13-24-25(15-22)37-18-36-24)17-26-23(14-20-8-10-21(32)11-9-20)31(29(6,7)38-26)27(33)39-28(3,4)5/h8-13,15,19,23,26,32H,14,16-18H2,1-7H3/t23-,26+/m0/s1. The molecule has 2 aliphatic heterocycles. The van der Waals surface area contributed by atoms with Crippen LogP contribution in [-0.4, -0.2) is 72.2 Å². The summed E-state index contributed by atoms with van der Waals surface area (Å²) in [6.45, 7) is 13.1. The van der Waals surface area contributed by atoms with Crippen molar-refractivity contribution in [1.82, 2.24) is 9.21 Å². The summed E-state index contributed by atoms with van der Waals surface area (Å²) in [4.78, 5) is 15.2. The molecule has 2 aromatic rings. The van der Waals surface area contributed by atoms with E-state index in [1.807, 2.05) is 13.8 Å². The quantitative estimate of drug-likeness (QED) is 0.479. The monoisotopic (exact) mass is 576 g/mol. The largest absolute Gasteiger partial charge is 0.508 e. The van der Waals surface area contributed by atoms with E-state index >= 15 is 0 Å². The number of sulfonamides is 1. The molecule has 40 heavy (non-hydrogen) atoms. The fraction of sp³-hybridized carbons (Fsp3) is 0.552. The number of amides is 1. The van der Waals surface area contributed by atoms with Crippen LogP contribution in [0.1, 0.15) is 54.0 Å². The average molecular weight is 577 g/mol. The van der Waals surface area contributed by atoms with Gasteiger partial charge in [-0.15, -0.1) is 0 Å². The summed E-state index contributed by atoms with van der Waals surface area (Å²) < 4.78 is 52.3. The highest BCUT2D eigenvalue weighted by atomic mass is 32.2. The van der Waals surface area contributed by atoms with Gasteiger partial charge in [0.1, 0.15) is 17.1 Å². The lowest BCUT2D eigenvalue weighted by atomic mass is 9.99. The lowest BCUT2D eigenvalue weighted by Crippen LogP contribution is -2.52. The summed E-state index contributed by atoms with van der Waals surface area (Å²) in [6, 6.07) is 10.8. The molecule has 11 heteroatoms. The smallest absolute Gasteiger partial charge is 0.412 e. The fourth-order valence-corrected chi connectivity index (χ4v) is 6.69. The second-order valence-corrected chi connectivity index (χ2v) is 14.1. The number of hydrogen-bond donors (Lipinski definition) is 1. The second-order valence-electron chi connectivity index (χ2n) is 12.1. The highest BCUT2D eigenvalue weighted by molar-refractivity contribution is 7.89. The summed E-state index contributed by atoms with van der Waals surface area (Å²) in [7, 11) is -3.96. The highest BCUT2D eigenvalue weighted by Crippen LogP contribution is 2.38. The maximum Gasteiger partial charge on any atom is 0.412 e. The van der Waals surface area contributed by atoms with Gasteiger partial charge in [0, 0.05) is 19.2 Å². The topological polar surface area (TPSA) is 115 Å². The van der Waals surface area contributed by atoms with Gasteiger partial charge in [0.05, 0.1) is 17.0 Å². The molecule has 0 aromatic heterocycles. The first-order valence-corrected chi connectivity index (χ1v) is 14.9. The predicted molar refractivity (Wildman–Crippen MR) is 149 cm³/mol. The van der Waals surface area contributed by atoms with E-state index < -0.39 is 39.6 Å². The number of aromatic hydroxyl groups is 1. The minimum atomic E-state index is -3.96. The van der Waals surface area contributed by atoms with Crippen LogP contribution in [0.4, 0.5) is 4.79 Å². The maximum atomic E-state index is 14.0. The molecule has 0 unspecified atom stereocenters. The number of carbonyl (C=O) groups excluding carboxylic acids is 1. The van der Waals surface area contributed by atoms with Crippen molar-refractivity contribution < 1.29 is 37.3 Å². The zero-order valence-corrected chi connectivity index (χ0v) is 25.0. The van der Waals surface area contributed by atoms with Gasteiger partial charge in [0.25, 0.3) is 0 Å². The van der Waals surface area contributed by atoms with Gasteiger partial charge in [0.15, 0.2) is 11.5 Å². The first kappa shape index (κ1) is 30.0. The van der Waals surface area contributed by atoms with Crippen LogP contribution in [0.3, 0.4) is 0 Å². The van der Waals surface area contributed by atoms with Gasteiger partial charge in [-0.3, -0.25) is 4.90 Å². The normalized spacial score (nSPS) is 20.4. The zero-order chi connectivity index (χ0) is 29.5. The molecule has 10 nitrogen and oxygen atoms in total. The first-order chi connectivity index (χ1) is 18.6. The van der Waals surface area contributed by atoms with Crippen molar-refractivity contribution in [3.05, 3.63) is 48.0 Å². The molecule has 0 radical (unpaired) electrons. The maximum absolute atomic E-state index is 14.0. The molecule has 1 saturated heterocycles. The van der Waals surface area contributed by atoms with Crippen molar-refractivity contribution in [2.45, 2.75) is 83.3 Å². The van der Waals surface area contributed by atoms with E-state index in [4.69, 9.17) is 18.9 Å². The molecule has 0 spiro atoms. The van der Waals surface area contributed by atoms with E-state index in [1.165, 1.54) is 16.4 Å². The van der Waals surface area contributed by atoms with Gasteiger partial charge in [0.2, 0.25) is 16.8 Å². The van der Waals surface area contributed by atoms with Gasteiger partial charge in [-0.2, -0.15) is 4.31 Å². The number of hydrogen-bond acceptors (Lipinski definition) is 8. The van der Waals surface area contributed by atoms with Crippen LogP contribution in [0, 0.1) is 5.92 Å². The minimum absolute atomic E-state index is 0.0143. The van der Waals surface area contributed by atoms with Gasteiger partial charge >= 0.3 is 6.09 Å². The number of fused-ring (bicyclic) bond motifs is 1. The van der Waals surface area contributed by atoms with Crippen molar-refractivity contribution >= 4 is 16.1 Å². The van der Waals surface area contributed by atoms with E-state index in [1.54, 1.807) is 69.9 Å². The Morgan fingerprint density at radius 1 is 1.12 bits per heavy atom. The van der Waals surface area contributed by atoms with Gasteiger partial charge in [-0.05, 0) is 76.8 Å². The molecule has 2 heterocycles. The van der Waals surface area contributed by atoms with Crippen molar-refractivity contribution in [3.8, 4) is 17.2 Å². The highest BCUT2D eigenvalue weighted by Gasteiger charge is 2.52. The van der Waals surface area contributed by atoms with Crippen molar-refractivity contribution in [1.29, 1.82) is 0 Å². The number of phenols is 1. The van der Waals surface area contributed by atoms with Crippen LogP contribution in [-0.2, 0) is 25.9 Å². The van der Waals surface area contributed by atoms with E-state index in [0.29, 0.717) is 17.9 Å². The number of benzene rings is 2. The molecule has 2 aromatic carbocycles. The summed E-state index contributed by atoms with van der Waals surface area (Å²) in [5.41, 5.74) is -0.946. The number of rotatable bonds is 8. The number of carbonyl (C=O) groups is 1. The lowest BCUT2D eigenvalue weighted by Gasteiger charge is -2.35. The molecule has 0 bridgehead atoms. The Balaban J connectivity index is 1.70. The van der Waals surface area contributed by atoms with Crippen LogP contribution in [0.2, 0.25) is 0 Å². The molecule has 0 saturated carbocycles. The molecule has 2 atom stereocenters. The van der Waals surface area contributed by atoms with Crippen molar-refractivity contribution in [2.24, 2.45) is 5.92 Å². The van der Waals surface area contributed by atoms with Gasteiger partial charge in [-0.1, -0.05) is 26.0 Å². The van der Waals surface area contributed by atoms with Crippen molar-refractivity contribution in [2.75, 3.05) is 19.9 Å². The van der Waals surface area contributed by atoms with Crippen LogP contribution >= 0.6 is 0 Å². The summed E-state index contributed by atoms with van der Waals surface area (Å²) in [6.07, 6.45) is -0.843. The third-order valence-corrected chi connectivity index (χ3v) is 8.51. The molecule has 0 aliphatic carbocycles. The molecular formula is C29H40N2O8S. The van der Waals surface area contributed by atoms with Gasteiger partial charge < -0.3 is 24.1 Å². The molecule has 1 fully saturated rings. The summed E-state index contributed by atoms with van der Waals surface area (Å²) >= 11 is 0. The average Bonchev–Trinajstić information content (AvgIpc) is 3.39. The predicted octanol–water partition coefficient (Wildman–Crippen LogP) is 4.75. The molecule has 1 amide bonds. The summed E-state index contributed by atoms with van der Waals surface area (Å²) in [5.74, 6) is 1.03. The van der Waals surface area contributed by atoms with E-state index in [9.17, 15) is 18.3 Å². The third kappa shape index (κ3) is 6.64. The number of nitrogens with zero attached hydrogens (tertiary/aromatic N) is 2. The van der Waals surface area contributed by atoms with Gasteiger partial charge in [-0.25, -0.2) is 13.2 Å². The molecule has 220 valence electrons. The van der Waals surface area contributed by atoms with E-state index in [0.717, 1.165) is 5.56 Å². The molecule has 2 aliphatic rings. The van der Waals surface area contributed by atoms with E-state index in [-0.39, 0.29) is 36.4 Å². The van der Waals surface area contributed by atoms with Crippen LogP contribution in [0.25, 0.3) is 0 Å². The molecule has 1 N–H and O–H groups in total. The number of ether oxygens (including phenoxy) is 4. The van der Waals surface area contributed by atoms with Crippen LogP contribution < -0.4 is 9.47 Å². The first-order valence-electron chi connectivity index (χ1n) is 13.4. The van der Waals surface area contributed by atoms with Crippen LogP contribution in [0.5, 0.6) is 17.2 Å². The summed E-state index contributed by atoms with van der Waals surface area (Å²) in [5, 5.41) is 9.78.